The van der Waals surface area contributed by atoms with Crippen molar-refractivity contribution in [2.45, 2.75) is 45.6 Å². The lowest BCUT2D eigenvalue weighted by atomic mass is 9.79. The van der Waals surface area contributed by atoms with Gasteiger partial charge in [0.2, 0.25) is 0 Å². The van der Waals surface area contributed by atoms with E-state index < -0.39 is 0 Å². The van der Waals surface area contributed by atoms with E-state index in [2.05, 4.69) is 36.0 Å². The van der Waals surface area contributed by atoms with Crippen molar-refractivity contribution in [3.63, 3.8) is 0 Å². The fraction of sp³-hybridized carbons (Fsp3) is 0.714. The van der Waals surface area contributed by atoms with Crippen molar-refractivity contribution in [2.24, 2.45) is 11.8 Å². The summed E-state index contributed by atoms with van der Waals surface area (Å²) < 4.78 is 0. The minimum Gasteiger partial charge on any atom is -0.314 e. The average molecular weight is 237 g/mol. The average Bonchev–Trinajstić information content (AvgIpc) is 2.76. The SMILES string of the molecule is CC1CCC(NCCc2ccsc2)CC1C. The molecule has 3 atom stereocenters. The van der Waals surface area contributed by atoms with Crippen LogP contribution in [-0.2, 0) is 6.42 Å². The first-order chi connectivity index (χ1) is 7.75. The summed E-state index contributed by atoms with van der Waals surface area (Å²) in [5, 5.41) is 8.14. The lowest BCUT2D eigenvalue weighted by Crippen LogP contribution is -2.37. The molecule has 1 nitrogen and oxygen atoms in total. The smallest absolute Gasteiger partial charge is 0.00699 e. The Morgan fingerprint density at radius 3 is 2.88 bits per heavy atom. The van der Waals surface area contributed by atoms with Crippen molar-refractivity contribution in [3.8, 4) is 0 Å². The number of hydrogen-bond acceptors (Lipinski definition) is 2. The Labute approximate surface area is 103 Å². The zero-order valence-corrected chi connectivity index (χ0v) is 11.2. The van der Waals surface area contributed by atoms with Crippen LogP contribution in [0.5, 0.6) is 0 Å². The first kappa shape index (κ1) is 12.1. The van der Waals surface area contributed by atoms with Crippen molar-refractivity contribution in [3.05, 3.63) is 22.4 Å². The number of hydrogen-bond donors (Lipinski definition) is 1. The molecule has 0 aromatic carbocycles. The lowest BCUT2D eigenvalue weighted by molar-refractivity contribution is 0.227. The van der Waals surface area contributed by atoms with E-state index in [1.165, 1.54) is 31.2 Å². The maximum Gasteiger partial charge on any atom is 0.00699 e. The Morgan fingerprint density at radius 2 is 2.19 bits per heavy atom. The van der Waals surface area contributed by atoms with Crippen molar-refractivity contribution in [1.82, 2.24) is 5.32 Å². The normalized spacial score (nSPS) is 30.5. The molecule has 0 amide bonds. The highest BCUT2D eigenvalue weighted by atomic mass is 32.1. The maximum absolute atomic E-state index is 3.72. The molecule has 1 saturated carbocycles. The van der Waals surface area contributed by atoms with E-state index in [1.54, 1.807) is 11.3 Å². The van der Waals surface area contributed by atoms with Crippen LogP contribution >= 0.6 is 11.3 Å². The lowest BCUT2D eigenvalue weighted by Gasteiger charge is -2.32. The van der Waals surface area contributed by atoms with Gasteiger partial charge in [-0.15, -0.1) is 0 Å². The second-order valence-corrected chi connectivity index (χ2v) is 6.08. The Bertz CT molecular complexity index is 294. The summed E-state index contributed by atoms with van der Waals surface area (Å²) in [6.45, 7) is 5.94. The van der Waals surface area contributed by atoms with Gasteiger partial charge in [-0.3, -0.25) is 0 Å². The molecular formula is C14H23NS. The molecule has 1 N–H and O–H groups in total. The molecule has 1 aromatic rings. The number of rotatable bonds is 4. The van der Waals surface area contributed by atoms with Gasteiger partial charge in [0.1, 0.15) is 0 Å². The third-order valence-corrected chi connectivity index (χ3v) is 4.76. The molecule has 16 heavy (non-hydrogen) atoms. The molecule has 90 valence electrons. The predicted octanol–water partition coefficient (Wildman–Crippen LogP) is 3.70. The van der Waals surface area contributed by atoms with E-state index in [4.69, 9.17) is 0 Å². The van der Waals surface area contributed by atoms with Crippen LogP contribution in [-0.4, -0.2) is 12.6 Å². The van der Waals surface area contributed by atoms with E-state index in [1.807, 2.05) is 0 Å². The Hall–Kier alpha value is -0.340. The van der Waals surface area contributed by atoms with E-state index in [0.29, 0.717) is 0 Å². The summed E-state index contributed by atoms with van der Waals surface area (Å²) in [7, 11) is 0. The zero-order chi connectivity index (χ0) is 11.4. The van der Waals surface area contributed by atoms with Crippen LogP contribution in [0.1, 0.15) is 38.7 Å². The topological polar surface area (TPSA) is 12.0 Å². The first-order valence-electron chi connectivity index (χ1n) is 6.50. The molecule has 1 aliphatic rings. The first-order valence-corrected chi connectivity index (χ1v) is 7.44. The summed E-state index contributed by atoms with van der Waals surface area (Å²) in [6, 6.07) is 3.00. The minimum atomic E-state index is 0.768. The largest absolute Gasteiger partial charge is 0.314 e. The summed E-state index contributed by atoms with van der Waals surface area (Å²) >= 11 is 1.80. The van der Waals surface area contributed by atoms with Crippen LogP contribution in [0.2, 0.25) is 0 Å². The molecule has 0 saturated heterocycles. The molecule has 1 aromatic heterocycles. The van der Waals surface area contributed by atoms with Crippen LogP contribution in [0.25, 0.3) is 0 Å². The van der Waals surface area contributed by atoms with Crippen molar-refractivity contribution >= 4 is 11.3 Å². The monoisotopic (exact) mass is 237 g/mol. The second kappa shape index (κ2) is 5.83. The minimum absolute atomic E-state index is 0.768. The fourth-order valence-electron chi connectivity index (χ4n) is 2.59. The van der Waals surface area contributed by atoms with E-state index in [0.717, 1.165) is 24.4 Å². The third kappa shape index (κ3) is 3.33. The standard InChI is InChI=1S/C14H23NS/c1-11-3-4-14(9-12(11)2)15-7-5-13-6-8-16-10-13/h6,8,10-12,14-15H,3-5,7,9H2,1-2H3. The van der Waals surface area contributed by atoms with E-state index in [9.17, 15) is 0 Å². The van der Waals surface area contributed by atoms with Gasteiger partial charge in [0, 0.05) is 6.04 Å². The molecule has 0 aliphatic heterocycles. The third-order valence-electron chi connectivity index (χ3n) is 4.02. The van der Waals surface area contributed by atoms with Gasteiger partial charge in [0.15, 0.2) is 0 Å². The maximum atomic E-state index is 3.72. The predicted molar refractivity (Wildman–Crippen MR) is 72.0 cm³/mol. The Kier molecular flexibility index (Phi) is 4.42. The quantitative estimate of drug-likeness (QED) is 0.842. The molecule has 1 fully saturated rings. The van der Waals surface area contributed by atoms with Crippen molar-refractivity contribution in [2.75, 3.05) is 6.54 Å². The molecule has 0 spiro atoms. The summed E-state index contributed by atoms with van der Waals surface area (Å²) in [5.41, 5.74) is 1.48. The summed E-state index contributed by atoms with van der Waals surface area (Å²) in [4.78, 5) is 0. The van der Waals surface area contributed by atoms with Crippen LogP contribution in [0.3, 0.4) is 0 Å². The van der Waals surface area contributed by atoms with Crippen molar-refractivity contribution in [1.29, 1.82) is 0 Å². The molecule has 0 radical (unpaired) electrons. The second-order valence-electron chi connectivity index (χ2n) is 5.30. The molecule has 2 rings (SSSR count). The van der Waals surface area contributed by atoms with Crippen LogP contribution < -0.4 is 5.32 Å². The van der Waals surface area contributed by atoms with Crippen LogP contribution in [0, 0.1) is 11.8 Å². The van der Waals surface area contributed by atoms with E-state index in [-0.39, 0.29) is 0 Å². The summed E-state index contributed by atoms with van der Waals surface area (Å²) in [6.07, 6.45) is 5.32. The van der Waals surface area contributed by atoms with Gasteiger partial charge in [-0.1, -0.05) is 13.8 Å². The van der Waals surface area contributed by atoms with Gasteiger partial charge in [0.05, 0.1) is 0 Å². The van der Waals surface area contributed by atoms with E-state index >= 15 is 0 Å². The van der Waals surface area contributed by atoms with Gasteiger partial charge in [-0.25, -0.2) is 0 Å². The highest BCUT2D eigenvalue weighted by molar-refractivity contribution is 7.07. The molecule has 3 unspecified atom stereocenters. The van der Waals surface area contributed by atoms with Gasteiger partial charge in [-0.2, -0.15) is 11.3 Å². The Balaban J connectivity index is 1.67. The van der Waals surface area contributed by atoms with Crippen LogP contribution in [0.15, 0.2) is 16.8 Å². The highest BCUT2D eigenvalue weighted by Crippen LogP contribution is 2.29. The van der Waals surface area contributed by atoms with Crippen molar-refractivity contribution < 1.29 is 0 Å². The molecule has 1 aliphatic carbocycles. The summed E-state index contributed by atoms with van der Waals surface area (Å²) in [5.74, 6) is 1.82. The van der Waals surface area contributed by atoms with Crippen LogP contribution in [0.4, 0.5) is 0 Å². The van der Waals surface area contributed by atoms with Gasteiger partial charge >= 0.3 is 0 Å². The van der Waals surface area contributed by atoms with Gasteiger partial charge in [0.25, 0.3) is 0 Å². The molecule has 0 bridgehead atoms. The molecule has 1 heterocycles. The van der Waals surface area contributed by atoms with Gasteiger partial charge < -0.3 is 5.32 Å². The number of nitrogens with one attached hydrogen (secondary N) is 1. The van der Waals surface area contributed by atoms with Gasteiger partial charge in [-0.05, 0) is 66.5 Å². The highest BCUT2D eigenvalue weighted by Gasteiger charge is 2.23. The number of thiophene rings is 1. The fourth-order valence-corrected chi connectivity index (χ4v) is 3.29. The molecule has 2 heteroatoms. The molecular weight excluding hydrogens is 214 g/mol. The Morgan fingerprint density at radius 1 is 1.31 bits per heavy atom. The zero-order valence-electron chi connectivity index (χ0n) is 10.4.